The highest BCUT2D eigenvalue weighted by Gasteiger charge is 2.26. The van der Waals surface area contributed by atoms with Gasteiger partial charge < -0.3 is 10.6 Å². The largest absolute Gasteiger partial charge is 0.339 e. The average molecular weight is 273 g/mol. The molecule has 0 aromatic heterocycles. The van der Waals surface area contributed by atoms with Crippen LogP contribution in [0.2, 0.25) is 0 Å². The Balaban J connectivity index is 2.35. The molecule has 4 nitrogen and oxygen atoms in total. The van der Waals surface area contributed by atoms with E-state index in [1.807, 2.05) is 11.2 Å². The lowest BCUT2D eigenvalue weighted by Crippen LogP contribution is -2.54. The maximum atomic E-state index is 12.1. The molecular weight excluding hydrogens is 246 g/mol. The molecule has 1 amide bonds. The Kier molecular flexibility index (Phi) is 7.04. The van der Waals surface area contributed by atoms with Gasteiger partial charge in [0.2, 0.25) is 5.91 Å². The average Bonchev–Trinajstić information content (AvgIpc) is 2.43. The van der Waals surface area contributed by atoms with Gasteiger partial charge in [0.05, 0.1) is 6.04 Å². The number of carbonyl (C=O) groups is 1. The van der Waals surface area contributed by atoms with Crippen LogP contribution in [0.4, 0.5) is 0 Å². The van der Waals surface area contributed by atoms with Crippen LogP contribution in [0.15, 0.2) is 0 Å². The van der Waals surface area contributed by atoms with Crippen LogP contribution >= 0.6 is 11.8 Å². The van der Waals surface area contributed by atoms with Gasteiger partial charge >= 0.3 is 0 Å². The zero-order chi connectivity index (χ0) is 13.5. The van der Waals surface area contributed by atoms with Gasteiger partial charge in [-0.15, -0.1) is 0 Å². The molecule has 1 fully saturated rings. The van der Waals surface area contributed by atoms with Crippen molar-refractivity contribution in [1.29, 1.82) is 0 Å². The Morgan fingerprint density at radius 3 is 2.44 bits per heavy atom. The van der Waals surface area contributed by atoms with Crippen LogP contribution in [0.5, 0.6) is 0 Å². The van der Waals surface area contributed by atoms with Gasteiger partial charge in [-0.25, -0.2) is 0 Å². The van der Waals surface area contributed by atoms with Crippen molar-refractivity contribution >= 4 is 17.7 Å². The molecule has 1 aliphatic rings. The first-order valence-electron chi connectivity index (χ1n) is 6.87. The van der Waals surface area contributed by atoms with E-state index in [4.69, 9.17) is 5.73 Å². The summed E-state index contributed by atoms with van der Waals surface area (Å²) >= 11 is 1.74. The highest BCUT2D eigenvalue weighted by atomic mass is 32.2. The van der Waals surface area contributed by atoms with Crippen molar-refractivity contribution in [1.82, 2.24) is 9.80 Å². The number of hydrogen-bond donors (Lipinski definition) is 1. The highest BCUT2D eigenvalue weighted by Crippen LogP contribution is 2.10. The van der Waals surface area contributed by atoms with Crippen molar-refractivity contribution in [2.75, 3.05) is 38.2 Å². The number of amides is 1. The first-order chi connectivity index (χ1) is 8.60. The number of hydrogen-bond acceptors (Lipinski definition) is 4. The van der Waals surface area contributed by atoms with Crippen molar-refractivity contribution in [2.45, 2.75) is 38.8 Å². The number of carbonyl (C=O) groups excluding carboxylic acids is 1. The fourth-order valence-electron chi connectivity index (χ4n) is 2.24. The molecule has 1 heterocycles. The van der Waals surface area contributed by atoms with Crippen LogP contribution in [0, 0.1) is 0 Å². The summed E-state index contributed by atoms with van der Waals surface area (Å²) < 4.78 is 0. The smallest absolute Gasteiger partial charge is 0.239 e. The fraction of sp³-hybridized carbons (Fsp3) is 0.923. The lowest BCUT2D eigenvalue weighted by atomic mass is 10.1. The summed E-state index contributed by atoms with van der Waals surface area (Å²) in [5, 5.41) is 0. The van der Waals surface area contributed by atoms with Crippen LogP contribution in [-0.4, -0.2) is 66.0 Å². The summed E-state index contributed by atoms with van der Waals surface area (Å²) in [6.07, 6.45) is 3.99. The summed E-state index contributed by atoms with van der Waals surface area (Å²) in [5.41, 5.74) is 5.94. The molecule has 0 aromatic carbocycles. The van der Waals surface area contributed by atoms with Crippen LogP contribution in [0.25, 0.3) is 0 Å². The molecule has 0 saturated carbocycles. The first kappa shape index (κ1) is 15.8. The molecule has 1 saturated heterocycles. The predicted octanol–water partition coefficient (Wildman–Crippen LogP) is 1.01. The topological polar surface area (TPSA) is 49.6 Å². The molecule has 1 rings (SSSR count). The lowest BCUT2D eigenvalue weighted by Gasteiger charge is -2.38. The van der Waals surface area contributed by atoms with Crippen LogP contribution < -0.4 is 5.73 Å². The third-order valence-electron chi connectivity index (χ3n) is 3.79. The number of nitrogens with zero attached hydrogens (tertiary/aromatic N) is 2. The van der Waals surface area contributed by atoms with Crippen LogP contribution in [0.1, 0.15) is 26.7 Å². The van der Waals surface area contributed by atoms with Gasteiger partial charge in [0.15, 0.2) is 0 Å². The molecular formula is C13H27N3OS. The number of piperazine rings is 1. The van der Waals surface area contributed by atoms with Gasteiger partial charge in [0.25, 0.3) is 0 Å². The third-order valence-corrected chi connectivity index (χ3v) is 4.43. The molecule has 0 aliphatic carbocycles. The Bertz CT molecular complexity index is 255. The molecule has 2 N–H and O–H groups in total. The summed E-state index contributed by atoms with van der Waals surface area (Å²) in [5.74, 6) is 1.09. The van der Waals surface area contributed by atoms with E-state index < -0.39 is 0 Å². The van der Waals surface area contributed by atoms with Crippen LogP contribution in [-0.2, 0) is 4.79 Å². The SMILES string of the molecule is CCC(C)N1CCN(C(=O)[C@@H](N)CCSC)CC1. The van der Waals surface area contributed by atoms with Gasteiger partial charge in [0.1, 0.15) is 0 Å². The maximum Gasteiger partial charge on any atom is 0.239 e. The van der Waals surface area contributed by atoms with Crippen molar-refractivity contribution in [3.8, 4) is 0 Å². The summed E-state index contributed by atoms with van der Waals surface area (Å²) in [6.45, 7) is 8.08. The minimum atomic E-state index is -0.312. The molecule has 0 spiro atoms. The fourth-order valence-corrected chi connectivity index (χ4v) is 2.73. The second-order valence-electron chi connectivity index (χ2n) is 5.01. The normalized spacial score (nSPS) is 20.8. The van der Waals surface area contributed by atoms with E-state index in [0.717, 1.165) is 38.4 Å². The second kappa shape index (κ2) is 8.02. The molecule has 0 radical (unpaired) electrons. The van der Waals surface area contributed by atoms with Gasteiger partial charge in [0, 0.05) is 32.2 Å². The highest BCUT2D eigenvalue weighted by molar-refractivity contribution is 7.98. The third kappa shape index (κ3) is 4.44. The molecule has 1 unspecified atom stereocenters. The van der Waals surface area contributed by atoms with Crippen molar-refractivity contribution in [2.24, 2.45) is 5.73 Å². The predicted molar refractivity (Wildman–Crippen MR) is 78.9 cm³/mol. The molecule has 0 bridgehead atoms. The number of rotatable bonds is 6. The van der Waals surface area contributed by atoms with Gasteiger partial charge in [-0.3, -0.25) is 9.69 Å². The standard InChI is InChI=1S/C13H27N3OS/c1-4-11(2)15-6-8-16(9-7-15)13(17)12(14)5-10-18-3/h11-12H,4-10,14H2,1-3H3/t11?,12-/m0/s1. The minimum Gasteiger partial charge on any atom is -0.339 e. The maximum absolute atomic E-state index is 12.1. The summed E-state index contributed by atoms with van der Waals surface area (Å²) in [7, 11) is 0. The first-order valence-corrected chi connectivity index (χ1v) is 8.26. The monoisotopic (exact) mass is 273 g/mol. The van der Waals surface area contributed by atoms with Gasteiger partial charge in [-0.2, -0.15) is 11.8 Å². The van der Waals surface area contributed by atoms with E-state index in [1.165, 1.54) is 6.42 Å². The van der Waals surface area contributed by atoms with Crippen molar-refractivity contribution in [3.63, 3.8) is 0 Å². The lowest BCUT2D eigenvalue weighted by molar-refractivity contribution is -0.134. The molecule has 2 atom stereocenters. The molecule has 5 heteroatoms. The Morgan fingerprint density at radius 2 is 1.94 bits per heavy atom. The molecule has 106 valence electrons. The van der Waals surface area contributed by atoms with E-state index >= 15 is 0 Å². The van der Waals surface area contributed by atoms with Gasteiger partial charge in [-0.1, -0.05) is 6.92 Å². The second-order valence-corrected chi connectivity index (χ2v) is 5.99. The number of thioether (sulfide) groups is 1. The summed E-state index contributed by atoms with van der Waals surface area (Å²) in [6, 6.07) is 0.306. The minimum absolute atomic E-state index is 0.132. The van der Waals surface area contributed by atoms with Crippen LogP contribution in [0.3, 0.4) is 0 Å². The Labute approximate surface area is 115 Å². The zero-order valence-corrected chi connectivity index (χ0v) is 12.7. The Hall–Kier alpha value is -0.260. The Morgan fingerprint density at radius 1 is 1.33 bits per heavy atom. The van der Waals surface area contributed by atoms with E-state index in [0.29, 0.717) is 6.04 Å². The molecule has 0 aromatic rings. The molecule has 18 heavy (non-hydrogen) atoms. The van der Waals surface area contributed by atoms with E-state index in [9.17, 15) is 4.79 Å². The van der Waals surface area contributed by atoms with Gasteiger partial charge in [-0.05, 0) is 31.8 Å². The van der Waals surface area contributed by atoms with Crippen molar-refractivity contribution < 1.29 is 4.79 Å². The zero-order valence-electron chi connectivity index (χ0n) is 11.9. The van der Waals surface area contributed by atoms with E-state index in [2.05, 4.69) is 18.7 Å². The number of nitrogens with two attached hydrogens (primary N) is 1. The quantitative estimate of drug-likeness (QED) is 0.785. The van der Waals surface area contributed by atoms with E-state index in [1.54, 1.807) is 11.8 Å². The van der Waals surface area contributed by atoms with Crippen molar-refractivity contribution in [3.05, 3.63) is 0 Å². The summed E-state index contributed by atoms with van der Waals surface area (Å²) in [4.78, 5) is 16.5. The molecule has 1 aliphatic heterocycles. The van der Waals surface area contributed by atoms with E-state index in [-0.39, 0.29) is 11.9 Å².